The Bertz CT molecular complexity index is 220. The topological polar surface area (TPSA) is 167 Å². The Kier molecular flexibility index (Phi) is 17.6. The molecule has 8 N–H and O–H groups in total. The molecule has 0 aliphatic heterocycles. The van der Waals surface area contributed by atoms with Crippen molar-refractivity contribution in [3.05, 3.63) is 0 Å². The molecule has 0 amide bonds. The number of aliphatic carboxylic acids is 1. The molecule has 0 aromatic heterocycles. The van der Waals surface area contributed by atoms with Gasteiger partial charge in [-0.15, -0.1) is 0 Å². The Morgan fingerprint density at radius 2 is 1.69 bits per heavy atom. The van der Waals surface area contributed by atoms with Crippen LogP contribution in [-0.4, -0.2) is 38.3 Å². The van der Waals surface area contributed by atoms with Crippen LogP contribution in [0.15, 0.2) is 0 Å². The van der Waals surface area contributed by atoms with E-state index in [0.717, 1.165) is 12.8 Å². The molecule has 0 fully saturated rings. The quantitative estimate of drug-likeness (QED) is 0.167. The van der Waals surface area contributed by atoms with Gasteiger partial charge in [-0.25, -0.2) is 4.57 Å². The van der Waals surface area contributed by atoms with Crippen molar-refractivity contribution in [2.24, 2.45) is 11.5 Å². The molecule has 16 heavy (non-hydrogen) atoms. The van der Waals surface area contributed by atoms with Crippen molar-refractivity contribution >= 4 is 13.8 Å². The van der Waals surface area contributed by atoms with Crippen LogP contribution < -0.4 is 62.9 Å². The molecule has 0 heterocycles. The van der Waals surface area contributed by atoms with E-state index in [0.29, 0.717) is 13.0 Å². The fourth-order valence-corrected chi connectivity index (χ4v) is 0.632. The van der Waals surface area contributed by atoms with E-state index in [-0.39, 0.29) is 52.8 Å². The van der Waals surface area contributed by atoms with E-state index < -0.39 is 19.8 Å². The van der Waals surface area contributed by atoms with Crippen molar-refractivity contribution in [2.45, 2.75) is 25.3 Å². The summed E-state index contributed by atoms with van der Waals surface area (Å²) in [6, 6.07) is -0.716. The third-order valence-electron chi connectivity index (χ3n) is 1.29. The Morgan fingerprint density at radius 3 is 1.94 bits per heavy atom. The van der Waals surface area contributed by atoms with E-state index in [1.165, 1.54) is 0 Å². The third-order valence-corrected chi connectivity index (χ3v) is 1.29. The number of rotatable bonds is 5. The van der Waals surface area contributed by atoms with Gasteiger partial charge in [0.15, 0.2) is 0 Å². The third kappa shape index (κ3) is 29.4. The summed E-state index contributed by atoms with van der Waals surface area (Å²) in [6.07, 6.45) is 2.16. The Labute approximate surface area is 138 Å². The largest absolute Gasteiger partial charge is 1.00 e. The first-order valence-corrected chi connectivity index (χ1v) is 5.71. The number of carboxylic acids is 1. The fourth-order valence-electron chi connectivity index (χ4n) is 0.632. The van der Waals surface area contributed by atoms with Gasteiger partial charge in [0.05, 0.1) is 0 Å². The molecule has 0 saturated heterocycles. The second-order valence-electron chi connectivity index (χ2n) is 2.74. The van der Waals surface area contributed by atoms with Crippen LogP contribution in [0.2, 0.25) is 0 Å². The molecule has 0 aromatic rings. The first kappa shape index (κ1) is 22.3. The Balaban J connectivity index is -0.000000105. The number of nitrogens with two attached hydrogens (primary N) is 2. The van der Waals surface area contributed by atoms with Crippen molar-refractivity contribution in [1.29, 1.82) is 0 Å². The first-order chi connectivity index (χ1) is 6.68. The number of carbonyl (C=O) groups is 1. The summed E-state index contributed by atoms with van der Waals surface area (Å²) in [5.74, 6) is -0.933. The SMILES string of the molecule is NCCCCC(N)C(=O)O.O=P(O)(O)O.[H-].[K+]. The van der Waals surface area contributed by atoms with E-state index in [1.807, 2.05) is 0 Å². The van der Waals surface area contributed by atoms with Crippen molar-refractivity contribution < 1.29 is 82.0 Å². The Hall–Kier alpha value is 1.14. The van der Waals surface area contributed by atoms with Gasteiger partial charge in [0.25, 0.3) is 0 Å². The van der Waals surface area contributed by atoms with E-state index in [1.54, 1.807) is 0 Å². The molecule has 0 saturated carbocycles. The zero-order chi connectivity index (χ0) is 12.5. The molecule has 0 bridgehead atoms. The van der Waals surface area contributed by atoms with Crippen LogP contribution in [0, 0.1) is 0 Å². The second kappa shape index (κ2) is 12.6. The monoisotopic (exact) mass is 284 g/mol. The van der Waals surface area contributed by atoms with Crippen LogP contribution >= 0.6 is 7.82 Å². The van der Waals surface area contributed by atoms with Gasteiger partial charge in [-0.3, -0.25) is 4.79 Å². The molecule has 0 rings (SSSR count). The van der Waals surface area contributed by atoms with Gasteiger partial charge in [0.1, 0.15) is 6.04 Å². The minimum Gasteiger partial charge on any atom is -1.00 e. The second-order valence-corrected chi connectivity index (χ2v) is 3.77. The zero-order valence-corrected chi connectivity index (χ0v) is 13.1. The van der Waals surface area contributed by atoms with Gasteiger partial charge >= 0.3 is 65.2 Å². The van der Waals surface area contributed by atoms with Crippen molar-refractivity contribution in [1.82, 2.24) is 0 Å². The normalized spacial score (nSPS) is 11.8. The molecule has 1 unspecified atom stereocenters. The predicted molar refractivity (Wildman–Crippen MR) is 53.9 cm³/mol. The van der Waals surface area contributed by atoms with Crippen molar-refractivity contribution in [3.63, 3.8) is 0 Å². The minimum absolute atomic E-state index is 0. The average Bonchev–Trinajstić information content (AvgIpc) is 2.01. The molecule has 10 heteroatoms. The number of hydrogen-bond donors (Lipinski definition) is 6. The fraction of sp³-hybridized carbons (Fsp3) is 0.833. The molecule has 0 spiro atoms. The van der Waals surface area contributed by atoms with E-state index >= 15 is 0 Å². The van der Waals surface area contributed by atoms with Gasteiger partial charge in [-0.1, -0.05) is 6.42 Å². The molecule has 8 nitrogen and oxygen atoms in total. The zero-order valence-electron chi connectivity index (χ0n) is 10.1. The summed E-state index contributed by atoms with van der Waals surface area (Å²) in [6.45, 7) is 0.604. The van der Waals surface area contributed by atoms with Crippen LogP contribution in [-0.2, 0) is 9.36 Å². The smallest absolute Gasteiger partial charge is 1.00 e. The standard InChI is InChI=1S/C6H14N2O2.K.H3O4P.H/c7-4-2-1-3-5(8)6(9)10;;1-5(2,3)4;/h5H,1-4,7-8H2,(H,9,10);;(H3,1,2,3,4);/q;+1;;-1. The van der Waals surface area contributed by atoms with Crippen LogP contribution in [0.25, 0.3) is 0 Å². The summed E-state index contributed by atoms with van der Waals surface area (Å²) < 4.78 is 8.88. The summed E-state index contributed by atoms with van der Waals surface area (Å²) in [4.78, 5) is 31.7. The molecule has 1 atom stereocenters. The van der Waals surface area contributed by atoms with Gasteiger partial charge < -0.3 is 32.7 Å². The van der Waals surface area contributed by atoms with Crippen LogP contribution in [0.4, 0.5) is 0 Å². The predicted octanol–water partition coefficient (Wildman–Crippen LogP) is -4.28. The number of unbranched alkanes of at least 4 members (excludes halogenated alkanes) is 1. The van der Waals surface area contributed by atoms with Crippen LogP contribution in [0.3, 0.4) is 0 Å². The summed E-state index contributed by atoms with van der Waals surface area (Å²) >= 11 is 0. The molecule has 0 aliphatic carbocycles. The van der Waals surface area contributed by atoms with Gasteiger partial charge in [0.2, 0.25) is 0 Å². The molecule has 0 radical (unpaired) electrons. The van der Waals surface area contributed by atoms with E-state index in [9.17, 15) is 4.79 Å². The van der Waals surface area contributed by atoms with Crippen molar-refractivity contribution in [2.75, 3.05) is 6.54 Å². The average molecular weight is 284 g/mol. The number of carboxylic acid groups (broad SMARTS) is 1. The maximum absolute atomic E-state index is 10.1. The molecule has 0 aliphatic rings. The summed E-state index contributed by atoms with van der Waals surface area (Å²) in [5.41, 5.74) is 10.4. The summed E-state index contributed by atoms with van der Waals surface area (Å²) in [7, 11) is -4.64. The number of phosphoric acid groups is 1. The molecular formula is C6H18KN2O6P. The van der Waals surface area contributed by atoms with Crippen molar-refractivity contribution in [3.8, 4) is 0 Å². The van der Waals surface area contributed by atoms with Crippen LogP contribution in [0.5, 0.6) is 0 Å². The van der Waals surface area contributed by atoms with Crippen LogP contribution in [0.1, 0.15) is 20.7 Å². The molecule has 0 aromatic carbocycles. The van der Waals surface area contributed by atoms with E-state index in [4.69, 9.17) is 35.8 Å². The Morgan fingerprint density at radius 1 is 1.31 bits per heavy atom. The van der Waals surface area contributed by atoms with Gasteiger partial charge in [-0.2, -0.15) is 0 Å². The molecule has 94 valence electrons. The van der Waals surface area contributed by atoms with Gasteiger partial charge in [-0.05, 0) is 19.4 Å². The van der Waals surface area contributed by atoms with Gasteiger partial charge in [0, 0.05) is 0 Å². The maximum atomic E-state index is 10.1. The maximum Gasteiger partial charge on any atom is 1.00 e. The first-order valence-electron chi connectivity index (χ1n) is 4.15. The minimum atomic E-state index is -4.64. The number of hydrogen-bond acceptors (Lipinski definition) is 4. The molecular weight excluding hydrogens is 266 g/mol. The summed E-state index contributed by atoms with van der Waals surface area (Å²) in [5, 5.41) is 8.33. The van der Waals surface area contributed by atoms with E-state index in [2.05, 4.69) is 0 Å².